The van der Waals surface area contributed by atoms with E-state index < -0.39 is 5.97 Å². The Balaban J connectivity index is 2.15. The number of carboxylic acids is 1. The summed E-state index contributed by atoms with van der Waals surface area (Å²) in [6, 6.07) is 6.77. The summed E-state index contributed by atoms with van der Waals surface area (Å²) in [5.74, 6) is -0.0513. The molecular weight excluding hydrogens is 260 g/mol. The van der Waals surface area contributed by atoms with E-state index in [1.54, 1.807) is 31.4 Å². The van der Waals surface area contributed by atoms with E-state index in [9.17, 15) is 9.59 Å². The zero-order valence-corrected chi connectivity index (χ0v) is 11.5. The van der Waals surface area contributed by atoms with E-state index in [4.69, 9.17) is 9.84 Å². The highest BCUT2D eigenvalue weighted by Crippen LogP contribution is 2.14. The number of carbonyl (C=O) groups is 2. The summed E-state index contributed by atoms with van der Waals surface area (Å²) in [6.45, 7) is 0.529. The van der Waals surface area contributed by atoms with Crippen molar-refractivity contribution in [3.8, 4) is 5.75 Å². The molecule has 0 heterocycles. The average molecular weight is 280 g/mol. The SMILES string of the molecule is COc1ccc(NC(=O)NCCCCCC(=O)O)cc1. The van der Waals surface area contributed by atoms with Gasteiger partial charge in [-0.2, -0.15) is 0 Å². The van der Waals surface area contributed by atoms with Crippen LogP contribution in [0.1, 0.15) is 25.7 Å². The van der Waals surface area contributed by atoms with Crippen LogP contribution >= 0.6 is 0 Å². The number of carboxylic acid groups (broad SMARTS) is 1. The van der Waals surface area contributed by atoms with Crippen LogP contribution in [0.3, 0.4) is 0 Å². The lowest BCUT2D eigenvalue weighted by molar-refractivity contribution is -0.137. The molecule has 6 heteroatoms. The number of hydrogen-bond donors (Lipinski definition) is 3. The number of anilines is 1. The second-order valence-corrected chi connectivity index (χ2v) is 4.31. The number of aliphatic carboxylic acids is 1. The van der Waals surface area contributed by atoms with Crippen molar-refractivity contribution in [1.29, 1.82) is 0 Å². The molecule has 0 aliphatic heterocycles. The maximum absolute atomic E-state index is 11.6. The summed E-state index contributed by atoms with van der Waals surface area (Å²) < 4.78 is 5.02. The Hall–Kier alpha value is -2.24. The maximum atomic E-state index is 11.6. The molecule has 6 nitrogen and oxygen atoms in total. The molecule has 1 aromatic rings. The first kappa shape index (κ1) is 15.8. The number of amides is 2. The Morgan fingerprint density at radius 3 is 2.45 bits per heavy atom. The van der Waals surface area contributed by atoms with Gasteiger partial charge in [0.05, 0.1) is 7.11 Å². The first-order valence-electron chi connectivity index (χ1n) is 6.52. The van der Waals surface area contributed by atoms with Gasteiger partial charge >= 0.3 is 12.0 Å². The molecule has 1 aromatic carbocycles. The van der Waals surface area contributed by atoms with Crippen molar-refractivity contribution >= 4 is 17.7 Å². The fourth-order valence-corrected chi connectivity index (χ4v) is 1.63. The Bertz CT molecular complexity index is 431. The first-order chi connectivity index (χ1) is 9.61. The summed E-state index contributed by atoms with van der Waals surface area (Å²) in [7, 11) is 1.58. The molecule has 0 spiro atoms. The summed E-state index contributed by atoms with van der Waals surface area (Å²) in [5, 5.41) is 13.9. The normalized spacial score (nSPS) is 9.85. The fraction of sp³-hybridized carbons (Fsp3) is 0.429. The number of rotatable bonds is 8. The van der Waals surface area contributed by atoms with E-state index in [2.05, 4.69) is 10.6 Å². The number of unbranched alkanes of at least 4 members (excludes halogenated alkanes) is 2. The summed E-state index contributed by atoms with van der Waals surface area (Å²) >= 11 is 0. The third-order valence-corrected chi connectivity index (χ3v) is 2.70. The van der Waals surface area contributed by atoms with Crippen LogP contribution in [0.5, 0.6) is 5.75 Å². The number of hydrogen-bond acceptors (Lipinski definition) is 3. The minimum absolute atomic E-state index is 0.179. The summed E-state index contributed by atoms with van der Waals surface area (Å²) in [6.07, 6.45) is 2.37. The van der Waals surface area contributed by atoms with Crippen LogP contribution < -0.4 is 15.4 Å². The smallest absolute Gasteiger partial charge is 0.319 e. The van der Waals surface area contributed by atoms with Crippen molar-refractivity contribution in [1.82, 2.24) is 5.32 Å². The molecule has 3 N–H and O–H groups in total. The number of carbonyl (C=O) groups excluding carboxylic acids is 1. The van der Waals surface area contributed by atoms with Crippen LogP contribution in [0, 0.1) is 0 Å². The molecule has 0 atom stereocenters. The van der Waals surface area contributed by atoms with Gasteiger partial charge in [-0.3, -0.25) is 4.79 Å². The van der Waals surface area contributed by atoms with Gasteiger partial charge < -0.3 is 20.5 Å². The molecular formula is C14H20N2O4. The minimum atomic E-state index is -0.782. The Kier molecular flexibility index (Phi) is 6.95. The lowest BCUT2D eigenvalue weighted by Gasteiger charge is -2.08. The van der Waals surface area contributed by atoms with Crippen LogP contribution in [0.15, 0.2) is 24.3 Å². The van der Waals surface area contributed by atoms with Gasteiger partial charge in [0.25, 0.3) is 0 Å². The zero-order valence-electron chi connectivity index (χ0n) is 11.5. The van der Waals surface area contributed by atoms with Gasteiger partial charge in [0.1, 0.15) is 5.75 Å². The van der Waals surface area contributed by atoms with E-state index in [0.717, 1.165) is 18.6 Å². The molecule has 0 fully saturated rings. The molecule has 2 amide bonds. The number of urea groups is 1. The Labute approximate surface area is 118 Å². The highest BCUT2D eigenvalue weighted by molar-refractivity contribution is 5.89. The van der Waals surface area contributed by atoms with Crippen molar-refractivity contribution in [2.75, 3.05) is 19.0 Å². The molecule has 0 aliphatic carbocycles. The van der Waals surface area contributed by atoms with Gasteiger partial charge in [-0.15, -0.1) is 0 Å². The van der Waals surface area contributed by atoms with Crippen molar-refractivity contribution in [2.45, 2.75) is 25.7 Å². The van der Waals surface area contributed by atoms with Crippen LogP contribution in [-0.4, -0.2) is 30.8 Å². The predicted octanol–water partition coefficient (Wildman–Crippen LogP) is 2.46. The van der Waals surface area contributed by atoms with Gasteiger partial charge in [-0.1, -0.05) is 6.42 Å². The zero-order chi connectivity index (χ0) is 14.8. The standard InChI is InChI=1S/C14H20N2O4/c1-20-12-8-6-11(7-9-12)16-14(19)15-10-4-2-3-5-13(17)18/h6-9H,2-5,10H2,1H3,(H,17,18)(H2,15,16,19). The van der Waals surface area contributed by atoms with Gasteiger partial charge in [0, 0.05) is 18.7 Å². The minimum Gasteiger partial charge on any atom is -0.497 e. The molecule has 0 saturated carbocycles. The van der Waals surface area contributed by atoms with Crippen LogP contribution in [0.4, 0.5) is 10.5 Å². The monoisotopic (exact) mass is 280 g/mol. The fourth-order valence-electron chi connectivity index (χ4n) is 1.63. The molecule has 0 radical (unpaired) electrons. The topological polar surface area (TPSA) is 87.7 Å². The number of methoxy groups -OCH3 is 1. The summed E-state index contributed by atoms with van der Waals surface area (Å²) in [5.41, 5.74) is 0.689. The molecule has 1 rings (SSSR count). The van der Waals surface area contributed by atoms with E-state index in [-0.39, 0.29) is 12.5 Å². The largest absolute Gasteiger partial charge is 0.497 e. The van der Waals surface area contributed by atoms with Crippen molar-refractivity contribution in [3.05, 3.63) is 24.3 Å². The lowest BCUT2D eigenvalue weighted by Crippen LogP contribution is -2.29. The number of ether oxygens (including phenoxy) is 1. The van der Waals surface area contributed by atoms with E-state index >= 15 is 0 Å². The quantitative estimate of drug-likeness (QED) is 0.638. The van der Waals surface area contributed by atoms with Gasteiger partial charge in [0.2, 0.25) is 0 Å². The Morgan fingerprint density at radius 1 is 1.15 bits per heavy atom. The van der Waals surface area contributed by atoms with Gasteiger partial charge in [-0.05, 0) is 37.1 Å². The number of benzene rings is 1. The maximum Gasteiger partial charge on any atom is 0.319 e. The lowest BCUT2D eigenvalue weighted by atomic mass is 10.2. The third-order valence-electron chi connectivity index (χ3n) is 2.70. The van der Waals surface area contributed by atoms with Crippen molar-refractivity contribution in [2.24, 2.45) is 0 Å². The van der Waals surface area contributed by atoms with Crippen LogP contribution in [-0.2, 0) is 4.79 Å². The first-order valence-corrected chi connectivity index (χ1v) is 6.52. The molecule has 20 heavy (non-hydrogen) atoms. The predicted molar refractivity (Wildman–Crippen MR) is 76.1 cm³/mol. The van der Waals surface area contributed by atoms with Gasteiger partial charge in [-0.25, -0.2) is 4.79 Å². The third kappa shape index (κ3) is 6.63. The second kappa shape index (κ2) is 8.79. The van der Waals surface area contributed by atoms with Crippen molar-refractivity contribution in [3.63, 3.8) is 0 Å². The Morgan fingerprint density at radius 2 is 1.85 bits per heavy atom. The molecule has 0 bridgehead atoms. The van der Waals surface area contributed by atoms with Gasteiger partial charge in [0.15, 0.2) is 0 Å². The van der Waals surface area contributed by atoms with E-state index in [1.165, 1.54) is 0 Å². The van der Waals surface area contributed by atoms with Crippen molar-refractivity contribution < 1.29 is 19.4 Å². The summed E-state index contributed by atoms with van der Waals surface area (Å²) in [4.78, 5) is 21.9. The highest BCUT2D eigenvalue weighted by atomic mass is 16.5. The number of nitrogens with one attached hydrogen (secondary N) is 2. The molecule has 0 aromatic heterocycles. The second-order valence-electron chi connectivity index (χ2n) is 4.31. The molecule has 0 aliphatic rings. The molecule has 0 saturated heterocycles. The molecule has 0 unspecified atom stereocenters. The van der Waals surface area contributed by atoms with Crippen LogP contribution in [0.2, 0.25) is 0 Å². The average Bonchev–Trinajstić information content (AvgIpc) is 2.43. The molecule has 110 valence electrons. The van der Waals surface area contributed by atoms with Crippen LogP contribution in [0.25, 0.3) is 0 Å². The van der Waals surface area contributed by atoms with E-state index in [1.807, 2.05) is 0 Å². The van der Waals surface area contributed by atoms with E-state index in [0.29, 0.717) is 18.7 Å². The highest BCUT2D eigenvalue weighted by Gasteiger charge is 2.01.